The fraction of sp³-hybridized carbons (Fsp3) is 1.00. The van der Waals surface area contributed by atoms with Crippen molar-refractivity contribution in [3.63, 3.8) is 0 Å². The number of hydrogen-bond donors (Lipinski definition) is 1. The van der Waals surface area contributed by atoms with Gasteiger partial charge in [0.2, 0.25) is 0 Å². The largest absolute Gasteiger partial charge is 0.313 e. The summed E-state index contributed by atoms with van der Waals surface area (Å²) in [5.41, 5.74) is 0. The Hall–Kier alpha value is -0.120. The normalized spacial score (nSPS) is 27.4. The van der Waals surface area contributed by atoms with Gasteiger partial charge in [-0.2, -0.15) is 0 Å². The van der Waals surface area contributed by atoms with Crippen LogP contribution >= 0.6 is 0 Å². The van der Waals surface area contributed by atoms with Gasteiger partial charge in [0.25, 0.3) is 0 Å². The van der Waals surface area contributed by atoms with Crippen molar-refractivity contribution in [2.45, 2.75) is 65.0 Å². The van der Waals surface area contributed by atoms with E-state index < -0.39 is 0 Å². The molecule has 0 heterocycles. The summed E-state index contributed by atoms with van der Waals surface area (Å²) in [4.78, 5) is 5.03. The Morgan fingerprint density at radius 2 is 1.80 bits per heavy atom. The Kier molecular flexibility index (Phi) is 8.74. The van der Waals surface area contributed by atoms with Crippen molar-refractivity contribution in [3.8, 4) is 0 Å². The third kappa shape index (κ3) is 5.71. The quantitative estimate of drug-likeness (QED) is 0.702. The maximum atomic E-state index is 3.74. The summed E-state index contributed by atoms with van der Waals surface area (Å²) in [6.45, 7) is 11.7. The highest BCUT2D eigenvalue weighted by atomic mass is 15.2. The van der Waals surface area contributed by atoms with Crippen molar-refractivity contribution in [3.05, 3.63) is 0 Å². The fourth-order valence-corrected chi connectivity index (χ4v) is 3.65. The van der Waals surface area contributed by atoms with Gasteiger partial charge in [-0.25, -0.2) is 0 Å². The van der Waals surface area contributed by atoms with Crippen LogP contribution in [0.2, 0.25) is 0 Å². The first-order chi connectivity index (χ1) is 9.62. The zero-order valence-electron chi connectivity index (χ0n) is 14.5. The molecule has 1 rings (SSSR count). The van der Waals surface area contributed by atoms with Crippen LogP contribution in [0.3, 0.4) is 0 Å². The molecule has 0 aromatic heterocycles. The lowest BCUT2D eigenvalue weighted by atomic mass is 9.80. The fourth-order valence-electron chi connectivity index (χ4n) is 3.65. The van der Waals surface area contributed by atoms with Crippen molar-refractivity contribution < 1.29 is 0 Å². The first kappa shape index (κ1) is 17.9. The zero-order valence-corrected chi connectivity index (χ0v) is 14.5. The van der Waals surface area contributed by atoms with Gasteiger partial charge in [-0.1, -0.05) is 27.2 Å². The van der Waals surface area contributed by atoms with Gasteiger partial charge in [-0.3, -0.25) is 4.90 Å². The van der Waals surface area contributed by atoms with Gasteiger partial charge >= 0.3 is 0 Å². The van der Waals surface area contributed by atoms with Crippen LogP contribution in [0, 0.1) is 5.92 Å². The lowest BCUT2D eigenvalue weighted by Gasteiger charge is -2.43. The molecule has 0 aliphatic heterocycles. The Morgan fingerprint density at radius 1 is 1.05 bits per heavy atom. The highest BCUT2D eigenvalue weighted by Gasteiger charge is 2.32. The van der Waals surface area contributed by atoms with Gasteiger partial charge in [0.1, 0.15) is 0 Å². The van der Waals surface area contributed by atoms with E-state index >= 15 is 0 Å². The molecule has 0 bridgehead atoms. The van der Waals surface area contributed by atoms with Crippen LogP contribution < -0.4 is 5.32 Å². The summed E-state index contributed by atoms with van der Waals surface area (Å²) in [5.74, 6) is 0.942. The lowest BCUT2D eigenvalue weighted by Crippen LogP contribution is -2.53. The number of hydrogen-bond acceptors (Lipinski definition) is 3. The van der Waals surface area contributed by atoms with Crippen LogP contribution in [0.25, 0.3) is 0 Å². The van der Waals surface area contributed by atoms with Gasteiger partial charge < -0.3 is 10.2 Å². The molecule has 0 amide bonds. The third-order valence-electron chi connectivity index (χ3n) is 4.89. The van der Waals surface area contributed by atoms with Crippen LogP contribution in [0.15, 0.2) is 0 Å². The van der Waals surface area contributed by atoms with Gasteiger partial charge in [0.15, 0.2) is 0 Å². The van der Waals surface area contributed by atoms with E-state index in [1.165, 1.54) is 51.7 Å². The summed E-state index contributed by atoms with van der Waals surface area (Å²) in [6, 6.07) is 1.46. The van der Waals surface area contributed by atoms with Crippen molar-refractivity contribution in [1.29, 1.82) is 0 Å². The average molecular weight is 284 g/mol. The Bertz CT molecular complexity index is 242. The molecule has 3 nitrogen and oxygen atoms in total. The standard InChI is InChI=1S/C17H37N3/c1-6-15-10-11-16(18-7-2)17(14-15)20(8-3)13-9-12-19(4)5/h15-18H,6-14H2,1-5H3. The molecule has 1 N–H and O–H groups in total. The summed E-state index contributed by atoms with van der Waals surface area (Å²) >= 11 is 0. The molecular formula is C17H37N3. The summed E-state index contributed by atoms with van der Waals surface area (Å²) in [5, 5.41) is 3.74. The highest BCUT2D eigenvalue weighted by molar-refractivity contribution is 4.90. The molecule has 0 aromatic carbocycles. The van der Waals surface area contributed by atoms with E-state index in [4.69, 9.17) is 0 Å². The van der Waals surface area contributed by atoms with Crippen LogP contribution in [-0.4, -0.2) is 62.2 Å². The van der Waals surface area contributed by atoms with Gasteiger partial charge in [-0.15, -0.1) is 0 Å². The predicted octanol–water partition coefficient (Wildman–Crippen LogP) is 2.82. The van der Waals surface area contributed by atoms with Gasteiger partial charge in [-0.05, 0) is 71.9 Å². The van der Waals surface area contributed by atoms with E-state index in [0.717, 1.165) is 18.5 Å². The number of nitrogens with one attached hydrogen (secondary N) is 1. The predicted molar refractivity (Wildman–Crippen MR) is 89.3 cm³/mol. The molecular weight excluding hydrogens is 246 g/mol. The van der Waals surface area contributed by atoms with Crippen molar-refractivity contribution in [2.75, 3.05) is 40.3 Å². The molecule has 1 aliphatic rings. The second-order valence-electron chi connectivity index (χ2n) is 6.60. The van der Waals surface area contributed by atoms with Gasteiger partial charge in [0.05, 0.1) is 0 Å². The SMILES string of the molecule is CCNC1CCC(CC)CC1N(CC)CCCN(C)C. The number of nitrogens with zero attached hydrogens (tertiary/aromatic N) is 2. The molecule has 0 radical (unpaired) electrons. The smallest absolute Gasteiger partial charge is 0.0251 e. The Morgan fingerprint density at radius 3 is 2.35 bits per heavy atom. The lowest BCUT2D eigenvalue weighted by molar-refractivity contribution is 0.0973. The molecule has 1 aliphatic carbocycles. The Balaban J connectivity index is 2.57. The maximum Gasteiger partial charge on any atom is 0.0251 e. The zero-order chi connectivity index (χ0) is 15.0. The van der Waals surface area contributed by atoms with E-state index in [2.05, 4.69) is 50.0 Å². The number of rotatable bonds is 9. The van der Waals surface area contributed by atoms with E-state index in [1.54, 1.807) is 0 Å². The van der Waals surface area contributed by atoms with E-state index in [-0.39, 0.29) is 0 Å². The van der Waals surface area contributed by atoms with E-state index in [1.807, 2.05) is 0 Å². The van der Waals surface area contributed by atoms with Crippen molar-refractivity contribution in [2.24, 2.45) is 5.92 Å². The highest BCUT2D eigenvalue weighted by Crippen LogP contribution is 2.30. The summed E-state index contributed by atoms with van der Waals surface area (Å²) in [7, 11) is 4.34. The van der Waals surface area contributed by atoms with Crippen LogP contribution in [0.1, 0.15) is 52.9 Å². The van der Waals surface area contributed by atoms with Crippen LogP contribution in [0.5, 0.6) is 0 Å². The molecule has 0 saturated heterocycles. The summed E-state index contributed by atoms with van der Waals surface area (Å²) in [6.07, 6.45) is 6.81. The van der Waals surface area contributed by atoms with Gasteiger partial charge in [0, 0.05) is 12.1 Å². The second kappa shape index (κ2) is 9.75. The molecule has 0 spiro atoms. The minimum absolute atomic E-state index is 0.710. The van der Waals surface area contributed by atoms with Crippen molar-refractivity contribution in [1.82, 2.24) is 15.1 Å². The summed E-state index contributed by atoms with van der Waals surface area (Å²) < 4.78 is 0. The maximum absolute atomic E-state index is 3.74. The molecule has 3 unspecified atom stereocenters. The number of likely N-dealkylation sites (N-methyl/N-ethyl adjacent to an activating group) is 2. The minimum atomic E-state index is 0.710. The molecule has 1 saturated carbocycles. The molecule has 20 heavy (non-hydrogen) atoms. The molecule has 3 heteroatoms. The minimum Gasteiger partial charge on any atom is -0.313 e. The third-order valence-corrected chi connectivity index (χ3v) is 4.89. The molecule has 3 atom stereocenters. The molecule has 1 fully saturated rings. The van der Waals surface area contributed by atoms with E-state index in [0.29, 0.717) is 6.04 Å². The molecule has 120 valence electrons. The van der Waals surface area contributed by atoms with Crippen LogP contribution in [-0.2, 0) is 0 Å². The van der Waals surface area contributed by atoms with Crippen molar-refractivity contribution >= 4 is 0 Å². The molecule has 0 aromatic rings. The van der Waals surface area contributed by atoms with Crippen LogP contribution in [0.4, 0.5) is 0 Å². The van der Waals surface area contributed by atoms with E-state index in [9.17, 15) is 0 Å². The monoisotopic (exact) mass is 283 g/mol. The Labute approximate surface area is 127 Å². The first-order valence-corrected chi connectivity index (χ1v) is 8.74. The topological polar surface area (TPSA) is 18.5 Å². The first-order valence-electron chi connectivity index (χ1n) is 8.74. The average Bonchev–Trinajstić information content (AvgIpc) is 2.44. The second-order valence-corrected chi connectivity index (χ2v) is 6.60.